The number of anilines is 1. The first kappa shape index (κ1) is 14.8. The second-order valence-corrected chi connectivity index (χ2v) is 6.80. The fraction of sp³-hybridized carbons (Fsp3) is 0.706. The van der Waals surface area contributed by atoms with Crippen molar-refractivity contribution in [3.63, 3.8) is 0 Å². The Morgan fingerprint density at radius 1 is 1.29 bits per heavy atom. The van der Waals surface area contributed by atoms with E-state index < -0.39 is 0 Å². The molecule has 3 rings (SSSR count). The summed E-state index contributed by atoms with van der Waals surface area (Å²) in [6.07, 6.45) is 7.25. The van der Waals surface area contributed by atoms with E-state index >= 15 is 0 Å². The molecule has 1 aromatic rings. The molecule has 1 saturated carbocycles. The molecule has 0 radical (unpaired) electrons. The van der Waals surface area contributed by atoms with E-state index in [1.165, 1.54) is 44.3 Å². The van der Waals surface area contributed by atoms with Crippen LogP contribution in [0.15, 0.2) is 18.3 Å². The molecule has 4 heteroatoms. The Morgan fingerprint density at radius 3 is 2.76 bits per heavy atom. The van der Waals surface area contributed by atoms with Gasteiger partial charge in [-0.25, -0.2) is 4.98 Å². The summed E-state index contributed by atoms with van der Waals surface area (Å²) in [7, 11) is 4.40. The average Bonchev–Trinajstić information content (AvgIpc) is 3.32. The first-order chi connectivity index (χ1) is 10.2. The van der Waals surface area contributed by atoms with Gasteiger partial charge in [-0.2, -0.15) is 0 Å². The fourth-order valence-electron chi connectivity index (χ4n) is 3.05. The number of aromatic nitrogens is 1. The zero-order valence-corrected chi connectivity index (χ0v) is 13.4. The molecule has 1 aliphatic heterocycles. The second kappa shape index (κ2) is 6.75. The molecule has 0 atom stereocenters. The summed E-state index contributed by atoms with van der Waals surface area (Å²) in [6, 6.07) is 5.13. The monoisotopic (exact) mass is 288 g/mol. The lowest BCUT2D eigenvalue weighted by Crippen LogP contribution is -2.36. The zero-order valence-electron chi connectivity index (χ0n) is 13.4. The minimum absolute atomic E-state index is 0.763. The van der Waals surface area contributed by atoms with Gasteiger partial charge in [0.15, 0.2) is 0 Å². The lowest BCUT2D eigenvalue weighted by Gasteiger charge is -2.32. The van der Waals surface area contributed by atoms with Crippen LogP contribution in [-0.4, -0.2) is 49.7 Å². The molecule has 0 unspecified atom stereocenters. The summed E-state index contributed by atoms with van der Waals surface area (Å²) in [5.74, 6) is 1.92. The number of likely N-dealkylation sites (tertiary alicyclic amines) is 1. The van der Waals surface area contributed by atoms with Crippen molar-refractivity contribution in [2.45, 2.75) is 38.3 Å². The van der Waals surface area contributed by atoms with Gasteiger partial charge in [-0.1, -0.05) is 0 Å². The Labute approximate surface area is 128 Å². The minimum Gasteiger partial charge on any atom is -0.359 e. The van der Waals surface area contributed by atoms with Crippen LogP contribution in [0, 0.1) is 5.92 Å². The number of rotatable bonds is 6. The van der Waals surface area contributed by atoms with E-state index in [1.807, 2.05) is 6.20 Å². The van der Waals surface area contributed by atoms with Gasteiger partial charge in [0.2, 0.25) is 0 Å². The van der Waals surface area contributed by atoms with Crippen molar-refractivity contribution in [1.29, 1.82) is 0 Å². The Morgan fingerprint density at radius 2 is 2.05 bits per heavy atom. The van der Waals surface area contributed by atoms with Crippen LogP contribution in [-0.2, 0) is 6.54 Å². The topological polar surface area (TPSA) is 31.4 Å². The van der Waals surface area contributed by atoms with E-state index in [0.29, 0.717) is 0 Å². The van der Waals surface area contributed by atoms with Crippen LogP contribution in [0.25, 0.3) is 0 Å². The number of piperidine rings is 1. The third-order valence-electron chi connectivity index (χ3n) is 4.74. The highest BCUT2D eigenvalue weighted by Crippen LogP contribution is 2.21. The van der Waals surface area contributed by atoms with Gasteiger partial charge < -0.3 is 15.1 Å². The highest BCUT2D eigenvalue weighted by atomic mass is 15.2. The quantitative estimate of drug-likeness (QED) is 0.869. The molecular weight excluding hydrogens is 260 g/mol. The summed E-state index contributed by atoms with van der Waals surface area (Å²) in [5.41, 5.74) is 1.35. The van der Waals surface area contributed by atoms with Crippen LogP contribution < -0.4 is 10.2 Å². The van der Waals surface area contributed by atoms with Crippen molar-refractivity contribution in [2.24, 2.45) is 5.92 Å². The molecular formula is C17H28N4. The van der Waals surface area contributed by atoms with Gasteiger partial charge in [-0.15, -0.1) is 0 Å². The molecule has 1 N–H and O–H groups in total. The van der Waals surface area contributed by atoms with Crippen LogP contribution in [0.1, 0.15) is 31.2 Å². The van der Waals surface area contributed by atoms with E-state index in [0.717, 1.165) is 30.9 Å². The van der Waals surface area contributed by atoms with Gasteiger partial charge in [0.1, 0.15) is 5.82 Å². The molecule has 2 fully saturated rings. The molecule has 0 bridgehead atoms. The molecule has 2 heterocycles. The Kier molecular flexibility index (Phi) is 4.76. The van der Waals surface area contributed by atoms with E-state index in [2.05, 4.69) is 46.3 Å². The van der Waals surface area contributed by atoms with Crippen LogP contribution >= 0.6 is 0 Å². The Balaban J connectivity index is 1.53. The van der Waals surface area contributed by atoms with E-state index in [1.54, 1.807) is 0 Å². The standard InChI is InChI=1S/C17H28N4/c1-20-9-6-14(7-10-20)13-21(2)17-11-15(5-8-18-17)12-19-16-3-4-16/h5,8,11,14,16,19H,3-4,6-7,9-10,12-13H2,1-2H3. The summed E-state index contributed by atoms with van der Waals surface area (Å²) in [4.78, 5) is 9.31. The predicted octanol–water partition coefficient (Wildman–Crippen LogP) is 2.11. The maximum atomic E-state index is 4.55. The number of hydrogen-bond acceptors (Lipinski definition) is 4. The van der Waals surface area contributed by atoms with E-state index in [9.17, 15) is 0 Å². The van der Waals surface area contributed by atoms with Crippen molar-refractivity contribution >= 4 is 5.82 Å². The molecule has 2 aliphatic rings. The van der Waals surface area contributed by atoms with Gasteiger partial charge in [-0.3, -0.25) is 0 Å². The fourth-order valence-corrected chi connectivity index (χ4v) is 3.05. The first-order valence-electron chi connectivity index (χ1n) is 8.28. The highest BCUT2D eigenvalue weighted by Gasteiger charge is 2.21. The lowest BCUT2D eigenvalue weighted by molar-refractivity contribution is 0.222. The van der Waals surface area contributed by atoms with Crippen molar-refractivity contribution < 1.29 is 0 Å². The molecule has 4 nitrogen and oxygen atoms in total. The first-order valence-corrected chi connectivity index (χ1v) is 8.28. The second-order valence-electron chi connectivity index (χ2n) is 6.80. The molecule has 21 heavy (non-hydrogen) atoms. The minimum atomic E-state index is 0.763. The van der Waals surface area contributed by atoms with Crippen molar-refractivity contribution in [3.05, 3.63) is 23.9 Å². The van der Waals surface area contributed by atoms with Crippen LogP contribution in [0.4, 0.5) is 5.82 Å². The van der Waals surface area contributed by atoms with Gasteiger partial charge >= 0.3 is 0 Å². The highest BCUT2D eigenvalue weighted by molar-refractivity contribution is 5.40. The molecule has 1 saturated heterocycles. The molecule has 0 spiro atoms. The maximum Gasteiger partial charge on any atom is 0.128 e. The van der Waals surface area contributed by atoms with Crippen LogP contribution in [0.2, 0.25) is 0 Å². The van der Waals surface area contributed by atoms with Crippen LogP contribution in [0.5, 0.6) is 0 Å². The molecule has 116 valence electrons. The van der Waals surface area contributed by atoms with Gasteiger partial charge in [0.25, 0.3) is 0 Å². The molecule has 1 aliphatic carbocycles. The van der Waals surface area contributed by atoms with Gasteiger partial charge in [0, 0.05) is 32.4 Å². The SMILES string of the molecule is CN1CCC(CN(C)c2cc(CNC3CC3)ccn2)CC1. The number of nitrogens with zero attached hydrogens (tertiary/aromatic N) is 3. The normalized spacial score (nSPS) is 20.7. The molecule has 1 aromatic heterocycles. The lowest BCUT2D eigenvalue weighted by atomic mass is 9.97. The zero-order chi connectivity index (χ0) is 14.7. The average molecular weight is 288 g/mol. The molecule has 0 aromatic carbocycles. The summed E-state index contributed by atoms with van der Waals surface area (Å²) in [5, 5.41) is 3.57. The molecule has 0 amide bonds. The van der Waals surface area contributed by atoms with E-state index in [4.69, 9.17) is 0 Å². The number of hydrogen-bond donors (Lipinski definition) is 1. The maximum absolute atomic E-state index is 4.55. The number of nitrogens with one attached hydrogen (secondary N) is 1. The smallest absolute Gasteiger partial charge is 0.128 e. The third kappa shape index (κ3) is 4.42. The Bertz CT molecular complexity index is 450. The summed E-state index contributed by atoms with van der Waals surface area (Å²) in [6.45, 7) is 4.57. The largest absolute Gasteiger partial charge is 0.359 e. The summed E-state index contributed by atoms with van der Waals surface area (Å²) < 4.78 is 0. The van der Waals surface area contributed by atoms with Gasteiger partial charge in [-0.05, 0) is 69.4 Å². The third-order valence-corrected chi connectivity index (χ3v) is 4.74. The van der Waals surface area contributed by atoms with Crippen molar-refractivity contribution in [3.8, 4) is 0 Å². The van der Waals surface area contributed by atoms with Gasteiger partial charge in [0.05, 0.1) is 0 Å². The van der Waals surface area contributed by atoms with Crippen molar-refractivity contribution in [1.82, 2.24) is 15.2 Å². The van der Waals surface area contributed by atoms with Crippen LogP contribution in [0.3, 0.4) is 0 Å². The Hall–Kier alpha value is -1.13. The van der Waals surface area contributed by atoms with E-state index in [-0.39, 0.29) is 0 Å². The number of pyridine rings is 1. The van der Waals surface area contributed by atoms with Crippen molar-refractivity contribution in [2.75, 3.05) is 38.6 Å². The predicted molar refractivity (Wildman–Crippen MR) is 87.6 cm³/mol. The summed E-state index contributed by atoms with van der Waals surface area (Å²) >= 11 is 0.